The van der Waals surface area contributed by atoms with Crippen molar-refractivity contribution in [3.05, 3.63) is 58.7 Å². The molecule has 7 heteroatoms. The Morgan fingerprint density at radius 2 is 1.81 bits per heavy atom. The number of aromatic carboxylic acids is 1. The van der Waals surface area contributed by atoms with Gasteiger partial charge in [0.1, 0.15) is 0 Å². The van der Waals surface area contributed by atoms with Crippen molar-refractivity contribution >= 4 is 27.8 Å². The third-order valence-corrected chi connectivity index (χ3v) is 6.63. The number of sulfonamides is 1. The van der Waals surface area contributed by atoms with Crippen LogP contribution < -0.4 is 4.72 Å². The highest BCUT2D eigenvalue weighted by Crippen LogP contribution is 2.21. The van der Waals surface area contributed by atoms with Gasteiger partial charge < -0.3 is 5.11 Å². The van der Waals surface area contributed by atoms with Crippen LogP contribution in [0, 0.1) is 13.8 Å². The molecular weight excluding hydrogens is 370 g/mol. The van der Waals surface area contributed by atoms with Crippen LogP contribution in [0.1, 0.15) is 34.0 Å². The Balaban J connectivity index is 2.01. The molecule has 26 heavy (non-hydrogen) atoms. The van der Waals surface area contributed by atoms with Crippen molar-refractivity contribution in [2.24, 2.45) is 0 Å². The van der Waals surface area contributed by atoms with E-state index in [1.165, 1.54) is 17.7 Å². The highest BCUT2D eigenvalue weighted by atomic mass is 32.2. The minimum Gasteiger partial charge on any atom is -0.478 e. The lowest BCUT2D eigenvalue weighted by Gasteiger charge is -2.11. The SMILES string of the molecule is CCc1ccc(SCCNS(=O)(=O)c2cc(C)c(C)c(C(=O)O)c2)cc1. The number of hydrogen-bond donors (Lipinski definition) is 2. The fourth-order valence-corrected chi connectivity index (χ4v) is 4.49. The number of rotatable bonds is 8. The lowest BCUT2D eigenvalue weighted by atomic mass is 10.0. The molecule has 0 unspecified atom stereocenters. The van der Waals surface area contributed by atoms with Crippen molar-refractivity contribution in [2.75, 3.05) is 12.3 Å². The van der Waals surface area contributed by atoms with E-state index < -0.39 is 16.0 Å². The average molecular weight is 394 g/mol. The quantitative estimate of drug-likeness (QED) is 0.528. The molecule has 0 radical (unpaired) electrons. The Bertz CT molecular complexity index is 891. The number of thioether (sulfide) groups is 1. The summed E-state index contributed by atoms with van der Waals surface area (Å²) >= 11 is 1.57. The number of aryl methyl sites for hydroxylation is 2. The van der Waals surface area contributed by atoms with Gasteiger partial charge in [0.15, 0.2) is 0 Å². The summed E-state index contributed by atoms with van der Waals surface area (Å²) in [5.41, 5.74) is 2.48. The standard InChI is InChI=1S/C19H23NO4S2/c1-4-15-5-7-16(8-6-15)25-10-9-20-26(23,24)17-11-13(2)14(3)18(12-17)19(21)22/h5-8,11-12,20H,4,9-10H2,1-3H3,(H,21,22). The molecule has 5 nitrogen and oxygen atoms in total. The van der Waals surface area contributed by atoms with Gasteiger partial charge in [-0.2, -0.15) is 0 Å². The number of hydrogen-bond acceptors (Lipinski definition) is 4. The van der Waals surface area contributed by atoms with E-state index in [0.717, 1.165) is 11.3 Å². The molecule has 0 aliphatic heterocycles. The number of carboxylic acids is 1. The van der Waals surface area contributed by atoms with Gasteiger partial charge in [0.2, 0.25) is 10.0 Å². The van der Waals surface area contributed by atoms with E-state index in [1.807, 2.05) is 12.1 Å². The van der Waals surface area contributed by atoms with Crippen LogP contribution in [-0.4, -0.2) is 31.8 Å². The number of benzene rings is 2. The van der Waals surface area contributed by atoms with Gasteiger partial charge >= 0.3 is 5.97 Å². The summed E-state index contributed by atoms with van der Waals surface area (Å²) in [4.78, 5) is 12.4. The van der Waals surface area contributed by atoms with Crippen LogP contribution in [0.15, 0.2) is 46.2 Å². The normalized spacial score (nSPS) is 11.5. The second-order valence-electron chi connectivity index (χ2n) is 5.96. The minimum absolute atomic E-state index is 0.00997. The Labute approximate surface area is 158 Å². The van der Waals surface area contributed by atoms with E-state index >= 15 is 0 Å². The fourth-order valence-electron chi connectivity index (χ4n) is 2.45. The Morgan fingerprint density at radius 3 is 2.38 bits per heavy atom. The Kier molecular flexibility index (Phi) is 6.86. The van der Waals surface area contributed by atoms with Crippen LogP contribution >= 0.6 is 11.8 Å². The molecule has 2 N–H and O–H groups in total. The maximum absolute atomic E-state index is 12.5. The summed E-state index contributed by atoms with van der Waals surface area (Å²) in [5.74, 6) is -0.546. The second-order valence-corrected chi connectivity index (χ2v) is 8.90. The predicted octanol–water partition coefficient (Wildman–Crippen LogP) is 3.63. The van der Waals surface area contributed by atoms with E-state index in [1.54, 1.807) is 25.6 Å². The first kappa shape index (κ1) is 20.5. The van der Waals surface area contributed by atoms with Crippen LogP contribution in [0.2, 0.25) is 0 Å². The highest BCUT2D eigenvalue weighted by molar-refractivity contribution is 7.99. The van der Waals surface area contributed by atoms with Crippen molar-refractivity contribution in [3.63, 3.8) is 0 Å². The summed E-state index contributed by atoms with van der Waals surface area (Å²) in [5, 5.41) is 9.24. The van der Waals surface area contributed by atoms with E-state index in [9.17, 15) is 18.3 Å². The molecule has 0 aliphatic carbocycles. The minimum atomic E-state index is -3.75. The smallest absolute Gasteiger partial charge is 0.336 e. The van der Waals surface area contributed by atoms with Gasteiger partial charge in [-0.15, -0.1) is 11.8 Å². The first-order valence-electron chi connectivity index (χ1n) is 8.30. The maximum Gasteiger partial charge on any atom is 0.336 e. The van der Waals surface area contributed by atoms with Gasteiger partial charge in [0, 0.05) is 17.2 Å². The molecule has 0 aromatic heterocycles. The van der Waals surface area contributed by atoms with Crippen molar-refractivity contribution < 1.29 is 18.3 Å². The first-order chi connectivity index (χ1) is 12.2. The molecule has 0 amide bonds. The van der Waals surface area contributed by atoms with Crippen molar-refractivity contribution in [2.45, 2.75) is 37.0 Å². The van der Waals surface area contributed by atoms with Crippen LogP contribution in [0.5, 0.6) is 0 Å². The number of carbonyl (C=O) groups is 1. The van der Waals surface area contributed by atoms with E-state index in [-0.39, 0.29) is 17.0 Å². The lowest BCUT2D eigenvalue weighted by molar-refractivity contribution is 0.0695. The molecule has 0 atom stereocenters. The molecule has 2 aromatic rings. The predicted molar refractivity (Wildman–Crippen MR) is 105 cm³/mol. The molecule has 0 spiro atoms. The molecule has 0 saturated carbocycles. The van der Waals surface area contributed by atoms with Gasteiger partial charge in [-0.05, 0) is 61.2 Å². The zero-order chi connectivity index (χ0) is 19.3. The van der Waals surface area contributed by atoms with Gasteiger partial charge in [0.05, 0.1) is 10.5 Å². The molecule has 0 heterocycles. The summed E-state index contributed by atoms with van der Waals surface area (Å²) < 4.78 is 27.4. The maximum atomic E-state index is 12.5. The largest absolute Gasteiger partial charge is 0.478 e. The molecule has 0 bridgehead atoms. The van der Waals surface area contributed by atoms with Crippen LogP contribution in [0.4, 0.5) is 0 Å². The van der Waals surface area contributed by atoms with Gasteiger partial charge in [-0.25, -0.2) is 17.9 Å². The third-order valence-electron chi connectivity index (χ3n) is 4.18. The van der Waals surface area contributed by atoms with Crippen molar-refractivity contribution in [1.82, 2.24) is 4.72 Å². The zero-order valence-corrected chi connectivity index (χ0v) is 16.7. The van der Waals surface area contributed by atoms with Crippen molar-refractivity contribution in [3.8, 4) is 0 Å². The highest BCUT2D eigenvalue weighted by Gasteiger charge is 2.19. The molecular formula is C19H23NO4S2. The van der Waals surface area contributed by atoms with Gasteiger partial charge in [-0.3, -0.25) is 0 Å². The number of nitrogens with one attached hydrogen (secondary N) is 1. The fraction of sp³-hybridized carbons (Fsp3) is 0.316. The molecule has 2 aromatic carbocycles. The Hall–Kier alpha value is -1.83. The van der Waals surface area contributed by atoms with E-state index in [0.29, 0.717) is 16.9 Å². The lowest BCUT2D eigenvalue weighted by Crippen LogP contribution is -2.26. The topological polar surface area (TPSA) is 83.5 Å². The number of carboxylic acid groups (broad SMARTS) is 1. The van der Waals surface area contributed by atoms with E-state index in [2.05, 4.69) is 23.8 Å². The van der Waals surface area contributed by atoms with Crippen LogP contribution in [0.3, 0.4) is 0 Å². The average Bonchev–Trinajstić information content (AvgIpc) is 2.61. The van der Waals surface area contributed by atoms with E-state index in [4.69, 9.17) is 0 Å². The van der Waals surface area contributed by atoms with Gasteiger partial charge in [-0.1, -0.05) is 19.1 Å². The summed E-state index contributed by atoms with van der Waals surface area (Å²) in [7, 11) is -3.75. The van der Waals surface area contributed by atoms with Crippen LogP contribution in [0.25, 0.3) is 0 Å². The first-order valence-corrected chi connectivity index (χ1v) is 10.8. The molecule has 0 saturated heterocycles. The summed E-state index contributed by atoms with van der Waals surface area (Å²) in [6, 6.07) is 10.9. The zero-order valence-electron chi connectivity index (χ0n) is 15.1. The van der Waals surface area contributed by atoms with Crippen LogP contribution in [-0.2, 0) is 16.4 Å². The van der Waals surface area contributed by atoms with Gasteiger partial charge in [0.25, 0.3) is 0 Å². The summed E-state index contributed by atoms with van der Waals surface area (Å²) in [6.45, 7) is 5.73. The third kappa shape index (κ3) is 5.09. The second kappa shape index (κ2) is 8.70. The molecule has 140 valence electrons. The monoisotopic (exact) mass is 393 g/mol. The molecule has 2 rings (SSSR count). The molecule has 0 fully saturated rings. The summed E-state index contributed by atoms with van der Waals surface area (Å²) in [6.07, 6.45) is 0.985. The molecule has 0 aliphatic rings. The Morgan fingerprint density at radius 1 is 1.15 bits per heavy atom. The van der Waals surface area contributed by atoms with Crippen molar-refractivity contribution in [1.29, 1.82) is 0 Å².